The summed E-state index contributed by atoms with van der Waals surface area (Å²) < 4.78 is 4.89. The Morgan fingerprint density at radius 3 is 2.54 bits per heavy atom. The summed E-state index contributed by atoms with van der Waals surface area (Å²) in [7, 11) is 1.24. The fraction of sp³-hybridized carbons (Fsp3) is 0.111. The van der Waals surface area contributed by atoms with Crippen LogP contribution in [-0.4, -0.2) is 23.0 Å². The molecule has 2 aromatic rings. The van der Waals surface area contributed by atoms with Gasteiger partial charge in [0.25, 0.3) is 5.91 Å². The van der Waals surface area contributed by atoms with Crippen molar-refractivity contribution in [2.45, 2.75) is 6.92 Å². The third kappa shape index (κ3) is 4.15. The number of nitrogens with one attached hydrogen (secondary N) is 1. The van der Waals surface area contributed by atoms with Crippen LogP contribution >= 0.6 is 0 Å². The maximum absolute atomic E-state index is 12.3. The first-order chi connectivity index (χ1) is 12.3. The number of nitro benzene ring substituents is 1. The van der Waals surface area contributed by atoms with Gasteiger partial charge in [0, 0.05) is 11.8 Å². The van der Waals surface area contributed by atoms with Crippen molar-refractivity contribution in [3.63, 3.8) is 0 Å². The third-order valence-electron chi connectivity index (χ3n) is 3.48. The van der Waals surface area contributed by atoms with Crippen LogP contribution in [0.4, 0.5) is 11.4 Å². The molecule has 0 unspecified atom stereocenters. The molecule has 8 heteroatoms. The number of nitriles is 1. The van der Waals surface area contributed by atoms with Gasteiger partial charge in [0.15, 0.2) is 5.75 Å². The van der Waals surface area contributed by atoms with Crippen LogP contribution in [0.5, 0.6) is 11.5 Å². The number of hydrogen-bond acceptors (Lipinski definition) is 6. The summed E-state index contributed by atoms with van der Waals surface area (Å²) in [4.78, 5) is 22.5. The molecule has 2 rings (SSSR count). The molecule has 0 radical (unpaired) electrons. The number of nitrogens with zero attached hydrogens (tertiary/aromatic N) is 2. The number of carbonyl (C=O) groups is 1. The first kappa shape index (κ1) is 18.5. The maximum Gasteiger partial charge on any atom is 0.315 e. The minimum Gasteiger partial charge on any atom is -0.500 e. The van der Waals surface area contributed by atoms with Crippen LogP contribution in [0.2, 0.25) is 0 Å². The van der Waals surface area contributed by atoms with E-state index in [1.54, 1.807) is 30.3 Å². The number of rotatable bonds is 5. The van der Waals surface area contributed by atoms with E-state index < -0.39 is 22.3 Å². The lowest BCUT2D eigenvalue weighted by Crippen LogP contribution is -2.13. The molecule has 0 bridgehead atoms. The Morgan fingerprint density at radius 2 is 2.00 bits per heavy atom. The predicted molar refractivity (Wildman–Crippen MR) is 94.7 cm³/mol. The van der Waals surface area contributed by atoms with Gasteiger partial charge in [-0.25, -0.2) is 0 Å². The van der Waals surface area contributed by atoms with E-state index in [-0.39, 0.29) is 16.9 Å². The number of phenols is 1. The number of methoxy groups -OCH3 is 1. The number of benzene rings is 2. The molecule has 2 N–H and O–H groups in total. The van der Waals surface area contributed by atoms with Crippen molar-refractivity contribution in [1.29, 1.82) is 5.26 Å². The number of ether oxygens (including phenoxy) is 1. The maximum atomic E-state index is 12.3. The zero-order valence-electron chi connectivity index (χ0n) is 14.0. The average Bonchev–Trinajstić information content (AvgIpc) is 2.62. The molecule has 0 aliphatic heterocycles. The van der Waals surface area contributed by atoms with Gasteiger partial charge in [-0.1, -0.05) is 17.7 Å². The molecule has 0 saturated carbocycles. The number of carbonyl (C=O) groups excluding carboxylic acids is 1. The molecule has 0 aliphatic carbocycles. The summed E-state index contributed by atoms with van der Waals surface area (Å²) in [5, 5.41) is 32.6. The van der Waals surface area contributed by atoms with Gasteiger partial charge < -0.3 is 15.2 Å². The largest absolute Gasteiger partial charge is 0.500 e. The van der Waals surface area contributed by atoms with Gasteiger partial charge in [0.2, 0.25) is 5.75 Å². The highest BCUT2D eigenvalue weighted by Crippen LogP contribution is 2.37. The summed E-state index contributed by atoms with van der Waals surface area (Å²) in [6.07, 6.45) is 1.18. The Morgan fingerprint density at radius 1 is 1.35 bits per heavy atom. The van der Waals surface area contributed by atoms with E-state index in [1.165, 1.54) is 19.3 Å². The number of anilines is 1. The van der Waals surface area contributed by atoms with Crippen LogP contribution in [0.25, 0.3) is 6.08 Å². The average molecular weight is 353 g/mol. The van der Waals surface area contributed by atoms with Gasteiger partial charge in [0.05, 0.1) is 12.0 Å². The topological polar surface area (TPSA) is 125 Å². The number of amides is 1. The van der Waals surface area contributed by atoms with Crippen molar-refractivity contribution >= 4 is 23.4 Å². The number of nitro groups is 1. The molecule has 0 heterocycles. The van der Waals surface area contributed by atoms with E-state index in [0.29, 0.717) is 5.69 Å². The first-order valence-corrected chi connectivity index (χ1v) is 7.41. The number of aryl methyl sites for hydroxylation is 1. The van der Waals surface area contributed by atoms with E-state index in [9.17, 15) is 25.3 Å². The van der Waals surface area contributed by atoms with Crippen LogP contribution < -0.4 is 10.1 Å². The molecule has 0 saturated heterocycles. The van der Waals surface area contributed by atoms with Gasteiger partial charge in [0.1, 0.15) is 11.6 Å². The zero-order valence-corrected chi connectivity index (χ0v) is 14.0. The summed E-state index contributed by atoms with van der Waals surface area (Å²) in [5.41, 5.74) is 0.847. The smallest absolute Gasteiger partial charge is 0.315 e. The van der Waals surface area contributed by atoms with Gasteiger partial charge in [-0.2, -0.15) is 5.26 Å². The summed E-state index contributed by atoms with van der Waals surface area (Å²) in [5.74, 6) is -1.43. The normalized spacial score (nSPS) is 10.7. The van der Waals surface area contributed by atoms with Gasteiger partial charge in [-0.3, -0.25) is 14.9 Å². The Hall–Kier alpha value is -3.86. The molecule has 132 valence electrons. The van der Waals surface area contributed by atoms with Crippen LogP contribution in [-0.2, 0) is 4.79 Å². The molecule has 1 amide bonds. The van der Waals surface area contributed by atoms with E-state index in [4.69, 9.17) is 4.74 Å². The van der Waals surface area contributed by atoms with Crippen molar-refractivity contribution in [1.82, 2.24) is 0 Å². The molecule has 0 aliphatic rings. The SMILES string of the molecule is COc1cc(/C=C(/C#N)C(=O)Nc2ccc(C)cc2)cc([N+](=O)[O-])c1O. The van der Waals surface area contributed by atoms with Gasteiger partial charge in [-0.15, -0.1) is 0 Å². The second-order valence-electron chi connectivity index (χ2n) is 5.34. The summed E-state index contributed by atoms with van der Waals surface area (Å²) >= 11 is 0. The quantitative estimate of drug-likeness (QED) is 0.368. The van der Waals surface area contributed by atoms with Crippen molar-refractivity contribution in [3.05, 3.63) is 63.2 Å². The summed E-state index contributed by atoms with van der Waals surface area (Å²) in [6.45, 7) is 1.90. The minimum absolute atomic E-state index is 0.137. The standard InChI is InChI=1S/C18H15N3O5/c1-11-3-5-14(6-4-11)20-18(23)13(10-19)7-12-8-15(21(24)25)17(22)16(9-12)26-2/h3-9,22H,1-2H3,(H,20,23)/b13-7-. The van der Waals surface area contributed by atoms with Crippen molar-refractivity contribution in [2.24, 2.45) is 0 Å². The van der Waals surface area contributed by atoms with E-state index in [2.05, 4.69) is 5.32 Å². The third-order valence-corrected chi connectivity index (χ3v) is 3.48. The highest BCUT2D eigenvalue weighted by molar-refractivity contribution is 6.09. The number of aromatic hydroxyl groups is 1. The Balaban J connectivity index is 2.37. The molecule has 8 nitrogen and oxygen atoms in total. The van der Waals surface area contributed by atoms with Gasteiger partial charge in [-0.05, 0) is 36.8 Å². The highest BCUT2D eigenvalue weighted by atomic mass is 16.6. The second-order valence-corrected chi connectivity index (χ2v) is 5.34. The van der Waals surface area contributed by atoms with E-state index in [0.717, 1.165) is 11.6 Å². The van der Waals surface area contributed by atoms with Crippen LogP contribution in [0.3, 0.4) is 0 Å². The number of phenolic OH excluding ortho intramolecular Hbond substituents is 1. The molecule has 2 aromatic carbocycles. The number of hydrogen-bond donors (Lipinski definition) is 2. The van der Waals surface area contributed by atoms with Crippen molar-refractivity contribution < 1.29 is 19.6 Å². The van der Waals surface area contributed by atoms with Crippen LogP contribution in [0.1, 0.15) is 11.1 Å². The Bertz CT molecular complexity index is 927. The lowest BCUT2D eigenvalue weighted by molar-refractivity contribution is -0.386. The predicted octanol–water partition coefficient (Wildman–Crippen LogP) is 3.16. The van der Waals surface area contributed by atoms with Crippen molar-refractivity contribution in [2.75, 3.05) is 12.4 Å². The Kier molecular flexibility index (Phi) is 5.55. The second kappa shape index (κ2) is 7.81. The fourth-order valence-corrected chi connectivity index (χ4v) is 2.14. The zero-order chi connectivity index (χ0) is 19.3. The highest BCUT2D eigenvalue weighted by Gasteiger charge is 2.20. The fourth-order valence-electron chi connectivity index (χ4n) is 2.14. The molecule has 0 fully saturated rings. The van der Waals surface area contributed by atoms with E-state index in [1.807, 2.05) is 6.92 Å². The molecule has 0 aromatic heterocycles. The molecule has 26 heavy (non-hydrogen) atoms. The molecular weight excluding hydrogens is 338 g/mol. The lowest BCUT2D eigenvalue weighted by atomic mass is 10.1. The van der Waals surface area contributed by atoms with Crippen LogP contribution in [0.15, 0.2) is 42.0 Å². The van der Waals surface area contributed by atoms with Gasteiger partial charge >= 0.3 is 5.69 Å². The van der Waals surface area contributed by atoms with Crippen molar-refractivity contribution in [3.8, 4) is 17.6 Å². The lowest BCUT2D eigenvalue weighted by Gasteiger charge is -2.07. The monoisotopic (exact) mass is 353 g/mol. The van der Waals surface area contributed by atoms with Crippen LogP contribution in [0, 0.1) is 28.4 Å². The minimum atomic E-state index is -0.784. The first-order valence-electron chi connectivity index (χ1n) is 7.41. The van der Waals surface area contributed by atoms with E-state index >= 15 is 0 Å². The molecule has 0 spiro atoms. The molecular formula is C18H15N3O5. The molecule has 0 atom stereocenters. The Labute approximate surface area is 149 Å². The summed E-state index contributed by atoms with van der Waals surface area (Å²) in [6, 6.07) is 11.1.